The van der Waals surface area contributed by atoms with E-state index in [1.54, 1.807) is 6.20 Å². The molecule has 0 bridgehead atoms. The van der Waals surface area contributed by atoms with Gasteiger partial charge in [0.25, 0.3) is 5.22 Å². The van der Waals surface area contributed by atoms with Gasteiger partial charge < -0.3 is 10.2 Å². The van der Waals surface area contributed by atoms with Gasteiger partial charge in [-0.15, -0.1) is 0 Å². The van der Waals surface area contributed by atoms with E-state index in [1.807, 2.05) is 44.2 Å². The average Bonchev–Trinajstić information content (AvgIpc) is 2.97. The van der Waals surface area contributed by atoms with Crippen LogP contribution in [0.25, 0.3) is 0 Å². The number of primary amides is 1. The van der Waals surface area contributed by atoms with Crippen molar-refractivity contribution in [3.63, 3.8) is 0 Å². The van der Waals surface area contributed by atoms with Crippen molar-refractivity contribution in [2.45, 2.75) is 30.7 Å². The Morgan fingerprint density at radius 1 is 1.43 bits per heavy atom. The van der Waals surface area contributed by atoms with Crippen molar-refractivity contribution < 1.29 is 9.21 Å². The monoisotopic (exact) mass is 305 g/mol. The maximum Gasteiger partial charge on any atom is 0.255 e. The van der Waals surface area contributed by atoms with Crippen LogP contribution in [0, 0.1) is 0 Å². The molecule has 0 saturated carbocycles. The number of oxazole rings is 1. The highest BCUT2D eigenvalue weighted by Crippen LogP contribution is 2.29. The standard InChI is InChI=1S/C15H19N3O2S/c1-11(2)18-15(13(16)19,12-6-4-3-5-7-12)10-21-14-17-8-9-20-14/h3-9,11,18H,10H2,1-2H3,(H2,16,19). The number of hydrogen-bond acceptors (Lipinski definition) is 5. The topological polar surface area (TPSA) is 81.2 Å². The van der Waals surface area contributed by atoms with Crippen LogP contribution in [0.4, 0.5) is 0 Å². The molecule has 1 unspecified atom stereocenters. The lowest BCUT2D eigenvalue weighted by atomic mass is 9.90. The lowest BCUT2D eigenvalue weighted by Crippen LogP contribution is -2.56. The van der Waals surface area contributed by atoms with Gasteiger partial charge in [-0.2, -0.15) is 0 Å². The van der Waals surface area contributed by atoms with Crippen LogP contribution in [-0.2, 0) is 10.3 Å². The van der Waals surface area contributed by atoms with E-state index in [1.165, 1.54) is 18.0 Å². The van der Waals surface area contributed by atoms with Crippen LogP contribution >= 0.6 is 11.8 Å². The molecule has 21 heavy (non-hydrogen) atoms. The number of carbonyl (C=O) groups excluding carboxylic acids is 1. The van der Waals surface area contributed by atoms with Crippen molar-refractivity contribution >= 4 is 17.7 Å². The van der Waals surface area contributed by atoms with Crippen LogP contribution in [0.15, 0.2) is 52.4 Å². The van der Waals surface area contributed by atoms with Crippen LogP contribution in [0.2, 0.25) is 0 Å². The van der Waals surface area contributed by atoms with E-state index in [0.717, 1.165) is 5.56 Å². The molecule has 112 valence electrons. The van der Waals surface area contributed by atoms with Gasteiger partial charge in [0.15, 0.2) is 0 Å². The number of aromatic nitrogens is 1. The fourth-order valence-corrected chi connectivity index (χ4v) is 3.15. The van der Waals surface area contributed by atoms with E-state index in [0.29, 0.717) is 11.0 Å². The summed E-state index contributed by atoms with van der Waals surface area (Å²) in [5.74, 6) is -0.00754. The first kappa shape index (κ1) is 15.6. The maximum atomic E-state index is 12.2. The van der Waals surface area contributed by atoms with Gasteiger partial charge in [-0.05, 0) is 19.4 Å². The fourth-order valence-electron chi connectivity index (χ4n) is 2.16. The number of nitrogens with one attached hydrogen (secondary N) is 1. The van der Waals surface area contributed by atoms with Gasteiger partial charge in [0.2, 0.25) is 5.91 Å². The molecular formula is C15H19N3O2S. The molecule has 2 rings (SSSR count). The van der Waals surface area contributed by atoms with Crippen molar-refractivity contribution in [1.29, 1.82) is 0 Å². The van der Waals surface area contributed by atoms with E-state index in [2.05, 4.69) is 10.3 Å². The minimum atomic E-state index is -0.964. The molecule has 1 aromatic carbocycles. The molecule has 0 radical (unpaired) electrons. The first-order valence-electron chi connectivity index (χ1n) is 6.70. The highest BCUT2D eigenvalue weighted by atomic mass is 32.2. The Bertz CT molecular complexity index is 572. The summed E-state index contributed by atoms with van der Waals surface area (Å²) in [6.45, 7) is 3.97. The molecular weight excluding hydrogens is 286 g/mol. The van der Waals surface area contributed by atoms with E-state index < -0.39 is 11.4 Å². The summed E-state index contributed by atoms with van der Waals surface area (Å²) >= 11 is 1.36. The van der Waals surface area contributed by atoms with Crippen molar-refractivity contribution in [3.05, 3.63) is 48.4 Å². The molecule has 0 aliphatic rings. The molecule has 0 aliphatic heterocycles. The minimum absolute atomic E-state index is 0.0999. The molecule has 0 saturated heterocycles. The number of nitrogens with zero attached hydrogens (tertiary/aromatic N) is 1. The summed E-state index contributed by atoms with van der Waals surface area (Å²) < 4.78 is 5.22. The molecule has 6 heteroatoms. The largest absolute Gasteiger partial charge is 0.440 e. The Morgan fingerprint density at radius 2 is 2.14 bits per heavy atom. The van der Waals surface area contributed by atoms with E-state index >= 15 is 0 Å². The number of nitrogens with two attached hydrogens (primary N) is 1. The third kappa shape index (κ3) is 3.65. The quantitative estimate of drug-likeness (QED) is 0.766. The number of amides is 1. The molecule has 0 fully saturated rings. The summed E-state index contributed by atoms with van der Waals surface area (Å²) in [6.07, 6.45) is 3.08. The number of thioether (sulfide) groups is 1. The second kappa shape index (κ2) is 6.78. The highest BCUT2D eigenvalue weighted by Gasteiger charge is 2.39. The molecule has 1 amide bonds. The zero-order valence-electron chi connectivity index (χ0n) is 12.1. The van der Waals surface area contributed by atoms with Crippen molar-refractivity contribution in [2.24, 2.45) is 5.73 Å². The van der Waals surface area contributed by atoms with Gasteiger partial charge in [0, 0.05) is 11.8 Å². The first-order valence-corrected chi connectivity index (χ1v) is 7.68. The third-order valence-corrected chi connectivity index (χ3v) is 4.07. The second-order valence-corrected chi connectivity index (χ2v) is 5.95. The first-order chi connectivity index (χ1) is 10.0. The fraction of sp³-hybridized carbons (Fsp3) is 0.333. The number of benzene rings is 1. The van der Waals surface area contributed by atoms with Gasteiger partial charge in [-0.1, -0.05) is 42.1 Å². The molecule has 1 aromatic heterocycles. The summed E-state index contributed by atoms with van der Waals surface area (Å²) in [7, 11) is 0. The average molecular weight is 305 g/mol. The number of carbonyl (C=O) groups is 1. The maximum absolute atomic E-state index is 12.2. The SMILES string of the molecule is CC(C)NC(CSc1ncco1)(C(N)=O)c1ccccc1. The Balaban J connectivity index is 2.33. The minimum Gasteiger partial charge on any atom is -0.440 e. The van der Waals surface area contributed by atoms with Crippen LogP contribution in [-0.4, -0.2) is 22.7 Å². The van der Waals surface area contributed by atoms with Crippen LogP contribution in [0.3, 0.4) is 0 Å². The molecule has 5 nitrogen and oxygen atoms in total. The molecule has 0 spiro atoms. The lowest BCUT2D eigenvalue weighted by molar-refractivity contribution is -0.124. The Morgan fingerprint density at radius 3 is 2.67 bits per heavy atom. The van der Waals surface area contributed by atoms with E-state index in [-0.39, 0.29) is 6.04 Å². The van der Waals surface area contributed by atoms with Crippen LogP contribution < -0.4 is 11.1 Å². The number of hydrogen-bond donors (Lipinski definition) is 2. The van der Waals surface area contributed by atoms with Gasteiger partial charge in [0.05, 0.1) is 6.20 Å². The molecule has 3 N–H and O–H groups in total. The lowest BCUT2D eigenvalue weighted by Gasteiger charge is -2.33. The zero-order chi connectivity index (χ0) is 15.3. The van der Waals surface area contributed by atoms with Crippen molar-refractivity contribution in [3.8, 4) is 0 Å². The summed E-state index contributed by atoms with van der Waals surface area (Å²) in [6, 6.07) is 9.59. The van der Waals surface area contributed by atoms with Gasteiger partial charge in [0.1, 0.15) is 11.8 Å². The third-order valence-electron chi connectivity index (χ3n) is 3.04. The van der Waals surface area contributed by atoms with Crippen molar-refractivity contribution in [2.75, 3.05) is 5.75 Å². The Labute approximate surface area is 128 Å². The van der Waals surface area contributed by atoms with Crippen LogP contribution in [0.1, 0.15) is 19.4 Å². The normalized spacial score (nSPS) is 14.0. The van der Waals surface area contributed by atoms with Crippen LogP contribution in [0.5, 0.6) is 0 Å². The Hall–Kier alpha value is -1.79. The molecule has 2 aromatic rings. The molecule has 1 heterocycles. The van der Waals surface area contributed by atoms with Gasteiger partial charge in [-0.25, -0.2) is 4.98 Å². The predicted molar refractivity (Wildman–Crippen MR) is 82.8 cm³/mol. The smallest absolute Gasteiger partial charge is 0.255 e. The summed E-state index contributed by atoms with van der Waals surface area (Å²) in [5, 5.41) is 3.82. The van der Waals surface area contributed by atoms with Gasteiger partial charge >= 0.3 is 0 Å². The number of rotatable bonds is 7. The summed E-state index contributed by atoms with van der Waals surface area (Å²) in [5.41, 5.74) is 5.60. The second-order valence-electron chi connectivity index (χ2n) is 5.02. The Kier molecular flexibility index (Phi) is 5.03. The van der Waals surface area contributed by atoms with E-state index in [4.69, 9.17) is 10.2 Å². The highest BCUT2D eigenvalue weighted by molar-refractivity contribution is 7.99. The summed E-state index contributed by atoms with van der Waals surface area (Å²) in [4.78, 5) is 16.3. The molecule has 0 aliphatic carbocycles. The van der Waals surface area contributed by atoms with Gasteiger partial charge in [-0.3, -0.25) is 10.1 Å². The molecule has 1 atom stereocenters. The zero-order valence-corrected chi connectivity index (χ0v) is 12.9. The van der Waals surface area contributed by atoms with Crippen molar-refractivity contribution in [1.82, 2.24) is 10.3 Å². The predicted octanol–water partition coefficient (Wildman–Crippen LogP) is 2.15. The van der Waals surface area contributed by atoms with E-state index in [9.17, 15) is 4.79 Å².